The molecule has 0 radical (unpaired) electrons. The highest BCUT2D eigenvalue weighted by molar-refractivity contribution is 6.07. The number of amides is 1. The third-order valence-corrected chi connectivity index (χ3v) is 5.90. The molecule has 1 aliphatic rings. The molecule has 0 aliphatic carbocycles. The molecule has 176 valence electrons. The molecule has 1 saturated heterocycles. The molecule has 1 aromatic carbocycles. The summed E-state index contributed by atoms with van der Waals surface area (Å²) in [6.45, 7) is 7.03. The summed E-state index contributed by atoms with van der Waals surface area (Å²) in [4.78, 5) is 21.9. The van der Waals surface area contributed by atoms with E-state index in [-0.39, 0.29) is 22.5 Å². The van der Waals surface area contributed by atoms with Crippen molar-refractivity contribution in [3.63, 3.8) is 0 Å². The number of rotatable bonds is 6. The highest BCUT2D eigenvalue weighted by Gasteiger charge is 2.34. The van der Waals surface area contributed by atoms with E-state index in [1.165, 1.54) is 24.3 Å². The average molecular weight is 461 g/mol. The third-order valence-electron chi connectivity index (χ3n) is 5.90. The van der Waals surface area contributed by atoms with Gasteiger partial charge in [0.05, 0.1) is 27.9 Å². The molecule has 4 rings (SSSR count). The van der Waals surface area contributed by atoms with Gasteiger partial charge in [-0.2, -0.15) is 13.2 Å². The molecule has 3 aromatic rings. The Morgan fingerprint density at radius 2 is 1.91 bits per heavy atom. The van der Waals surface area contributed by atoms with E-state index in [0.29, 0.717) is 17.6 Å². The summed E-state index contributed by atoms with van der Waals surface area (Å²) in [5.41, 5.74) is -0.253. The lowest BCUT2D eigenvalue weighted by Gasteiger charge is -2.32. The molecule has 7 nitrogen and oxygen atoms in total. The number of hydrogen-bond donors (Lipinski definition) is 1. The fraction of sp³-hybridized carbons (Fsp3) is 0.435. The topological polar surface area (TPSA) is 74.5 Å². The van der Waals surface area contributed by atoms with Crippen molar-refractivity contribution in [3.8, 4) is 11.3 Å². The van der Waals surface area contributed by atoms with Gasteiger partial charge < -0.3 is 19.6 Å². The van der Waals surface area contributed by atoms with E-state index < -0.39 is 17.6 Å². The first kappa shape index (κ1) is 23.2. The van der Waals surface area contributed by atoms with Crippen LogP contribution in [0.3, 0.4) is 0 Å². The van der Waals surface area contributed by atoms with Gasteiger partial charge in [0.25, 0.3) is 11.6 Å². The van der Waals surface area contributed by atoms with E-state index in [0.717, 1.165) is 45.2 Å². The van der Waals surface area contributed by atoms with Crippen LogP contribution in [-0.2, 0) is 6.18 Å². The average Bonchev–Trinajstić information content (AvgIpc) is 3.17. The molecule has 0 atom stereocenters. The van der Waals surface area contributed by atoms with E-state index >= 15 is 0 Å². The Balaban J connectivity index is 1.55. The van der Waals surface area contributed by atoms with Gasteiger partial charge in [-0.1, -0.05) is 23.4 Å². The van der Waals surface area contributed by atoms with Crippen molar-refractivity contribution >= 4 is 17.0 Å². The number of piperazine rings is 1. The molecule has 1 aliphatic heterocycles. The van der Waals surface area contributed by atoms with Crippen molar-refractivity contribution in [3.05, 3.63) is 47.2 Å². The number of hydrogen-bond acceptors (Lipinski definition) is 6. The first-order chi connectivity index (χ1) is 15.7. The molecular formula is C23H26F3N5O2. The van der Waals surface area contributed by atoms with E-state index in [9.17, 15) is 18.0 Å². The predicted octanol–water partition coefficient (Wildman–Crippen LogP) is 3.58. The Morgan fingerprint density at radius 3 is 2.64 bits per heavy atom. The molecule has 10 heteroatoms. The predicted molar refractivity (Wildman–Crippen MR) is 118 cm³/mol. The Labute approximate surface area is 189 Å². The minimum absolute atomic E-state index is 0.00848. The summed E-state index contributed by atoms with van der Waals surface area (Å²) in [6, 6.07) is 6.52. The van der Waals surface area contributed by atoms with E-state index in [1.54, 1.807) is 6.92 Å². The van der Waals surface area contributed by atoms with Gasteiger partial charge in [0.15, 0.2) is 0 Å². The largest absolute Gasteiger partial charge is 0.417 e. The number of aromatic nitrogens is 2. The number of aryl methyl sites for hydroxylation is 1. The third kappa shape index (κ3) is 5.17. The zero-order valence-corrected chi connectivity index (χ0v) is 18.6. The van der Waals surface area contributed by atoms with Gasteiger partial charge in [0, 0.05) is 38.3 Å². The van der Waals surface area contributed by atoms with Gasteiger partial charge in [-0.15, -0.1) is 0 Å². The van der Waals surface area contributed by atoms with Crippen LogP contribution < -0.4 is 5.32 Å². The SMILES string of the molecule is Cc1noc2nc(-c3ccccc3C(F)(F)F)cc(C(=O)NCCCN3CCN(C)CC3)c12. The van der Waals surface area contributed by atoms with Crippen LogP contribution >= 0.6 is 0 Å². The first-order valence-electron chi connectivity index (χ1n) is 10.9. The number of halogens is 3. The number of alkyl halides is 3. The van der Waals surface area contributed by atoms with Gasteiger partial charge >= 0.3 is 6.18 Å². The smallest absolute Gasteiger partial charge is 0.352 e. The Morgan fingerprint density at radius 1 is 1.18 bits per heavy atom. The van der Waals surface area contributed by atoms with E-state index in [4.69, 9.17) is 4.52 Å². The zero-order valence-electron chi connectivity index (χ0n) is 18.6. The lowest BCUT2D eigenvalue weighted by Crippen LogP contribution is -2.45. The summed E-state index contributed by atoms with van der Waals surface area (Å²) in [6.07, 6.45) is -3.79. The van der Waals surface area contributed by atoms with Crippen LogP contribution in [0.2, 0.25) is 0 Å². The molecule has 1 amide bonds. The van der Waals surface area contributed by atoms with Crippen molar-refractivity contribution in [2.45, 2.75) is 19.5 Å². The van der Waals surface area contributed by atoms with Crippen LogP contribution in [-0.4, -0.2) is 72.2 Å². The summed E-state index contributed by atoms with van der Waals surface area (Å²) in [7, 11) is 2.10. The standard InChI is InChI=1S/C23H26F3N5O2/c1-15-20-17(21(32)27-8-5-9-31-12-10-30(2)11-13-31)14-19(28-22(20)33-29-15)16-6-3-4-7-18(16)23(24,25)26/h3-4,6-7,14H,5,8-13H2,1-2H3,(H,27,32). The molecule has 33 heavy (non-hydrogen) atoms. The second-order valence-electron chi connectivity index (χ2n) is 8.30. The quantitative estimate of drug-likeness (QED) is 0.566. The van der Waals surface area contributed by atoms with Crippen molar-refractivity contribution in [2.75, 3.05) is 46.3 Å². The van der Waals surface area contributed by atoms with Gasteiger partial charge in [0.1, 0.15) is 0 Å². The van der Waals surface area contributed by atoms with Crippen LogP contribution in [0, 0.1) is 6.92 Å². The monoisotopic (exact) mass is 461 g/mol. The van der Waals surface area contributed by atoms with Crippen LogP contribution in [0.1, 0.15) is 28.0 Å². The number of likely N-dealkylation sites (N-methyl/N-ethyl adjacent to an activating group) is 1. The van der Waals surface area contributed by atoms with Crippen molar-refractivity contribution in [1.29, 1.82) is 0 Å². The maximum atomic E-state index is 13.5. The number of carbonyl (C=O) groups excluding carboxylic acids is 1. The number of fused-ring (bicyclic) bond motifs is 1. The lowest BCUT2D eigenvalue weighted by atomic mass is 10.0. The van der Waals surface area contributed by atoms with Crippen LogP contribution in [0.25, 0.3) is 22.4 Å². The molecule has 0 unspecified atom stereocenters. The fourth-order valence-electron chi connectivity index (χ4n) is 4.04. The molecule has 0 spiro atoms. The highest BCUT2D eigenvalue weighted by atomic mass is 19.4. The maximum absolute atomic E-state index is 13.5. The number of benzene rings is 1. The second kappa shape index (κ2) is 9.48. The minimum Gasteiger partial charge on any atom is -0.352 e. The zero-order chi connectivity index (χ0) is 23.6. The molecule has 1 N–H and O–H groups in total. The second-order valence-corrected chi connectivity index (χ2v) is 8.30. The molecule has 2 aromatic heterocycles. The Kier molecular flexibility index (Phi) is 6.66. The lowest BCUT2D eigenvalue weighted by molar-refractivity contribution is -0.137. The Hall–Kier alpha value is -2.98. The number of pyridine rings is 1. The maximum Gasteiger partial charge on any atom is 0.417 e. The normalized spacial score (nSPS) is 15.8. The van der Waals surface area contributed by atoms with Crippen molar-refractivity contribution in [1.82, 2.24) is 25.3 Å². The van der Waals surface area contributed by atoms with Crippen molar-refractivity contribution in [2.24, 2.45) is 0 Å². The molecule has 0 bridgehead atoms. The molecule has 3 heterocycles. The molecule has 1 fully saturated rings. The van der Waals surface area contributed by atoms with E-state index in [2.05, 4.69) is 32.3 Å². The summed E-state index contributed by atoms with van der Waals surface area (Å²) < 4.78 is 45.8. The van der Waals surface area contributed by atoms with Gasteiger partial charge in [-0.3, -0.25) is 4.79 Å². The minimum atomic E-state index is -4.56. The van der Waals surface area contributed by atoms with Gasteiger partial charge in [-0.05, 0) is 39.1 Å². The summed E-state index contributed by atoms with van der Waals surface area (Å²) in [5.74, 6) is -0.391. The highest BCUT2D eigenvalue weighted by Crippen LogP contribution is 2.37. The van der Waals surface area contributed by atoms with E-state index in [1.807, 2.05) is 0 Å². The summed E-state index contributed by atoms with van der Waals surface area (Å²) >= 11 is 0. The van der Waals surface area contributed by atoms with Crippen LogP contribution in [0.4, 0.5) is 13.2 Å². The van der Waals surface area contributed by atoms with Crippen molar-refractivity contribution < 1.29 is 22.5 Å². The number of nitrogens with zero attached hydrogens (tertiary/aromatic N) is 4. The fourth-order valence-corrected chi connectivity index (χ4v) is 4.04. The van der Waals surface area contributed by atoms with Gasteiger partial charge in [-0.25, -0.2) is 4.98 Å². The molecule has 0 saturated carbocycles. The van der Waals surface area contributed by atoms with Gasteiger partial charge in [0.2, 0.25) is 0 Å². The Bertz CT molecular complexity index is 1140. The first-order valence-corrected chi connectivity index (χ1v) is 10.9. The molecular weight excluding hydrogens is 435 g/mol. The number of nitrogens with one attached hydrogen (secondary N) is 1. The summed E-state index contributed by atoms with van der Waals surface area (Å²) in [5, 5.41) is 7.15. The number of carbonyl (C=O) groups is 1. The van der Waals surface area contributed by atoms with Crippen LogP contribution in [0.15, 0.2) is 34.9 Å². The van der Waals surface area contributed by atoms with Crippen LogP contribution in [0.5, 0.6) is 0 Å².